The highest BCUT2D eigenvalue weighted by Crippen LogP contribution is 2.52. The Morgan fingerprint density at radius 2 is 0.824 bits per heavy atom. The highest BCUT2D eigenvalue weighted by Gasteiger charge is 2.24. The first-order valence-corrected chi connectivity index (χ1v) is 18.6. The monoisotopic (exact) mass is 686 g/mol. The van der Waals surface area contributed by atoms with E-state index in [0.717, 1.165) is 22.4 Å². The number of hydrogen-bond acceptors (Lipinski definition) is 5. The molecule has 11 aromatic rings. The Kier molecular flexibility index (Phi) is 6.26. The van der Waals surface area contributed by atoms with Crippen LogP contribution in [0.4, 0.5) is 0 Å². The van der Waals surface area contributed by atoms with Gasteiger partial charge in [0.25, 0.3) is 0 Å². The van der Waals surface area contributed by atoms with Crippen LogP contribution in [-0.2, 0) is 0 Å². The summed E-state index contributed by atoms with van der Waals surface area (Å²) in [7, 11) is 0. The van der Waals surface area contributed by atoms with E-state index in [4.69, 9.17) is 15.0 Å². The third kappa shape index (κ3) is 4.34. The maximum atomic E-state index is 4.99. The van der Waals surface area contributed by atoms with Crippen molar-refractivity contribution in [2.45, 2.75) is 0 Å². The van der Waals surface area contributed by atoms with Gasteiger partial charge in [0.15, 0.2) is 17.5 Å². The van der Waals surface area contributed by atoms with E-state index in [1.54, 1.807) is 0 Å². The minimum Gasteiger partial charge on any atom is -0.309 e. The Hall–Kier alpha value is -6.21. The molecule has 51 heavy (non-hydrogen) atoms. The van der Waals surface area contributed by atoms with Gasteiger partial charge >= 0.3 is 0 Å². The van der Waals surface area contributed by atoms with Crippen LogP contribution in [-0.4, -0.2) is 19.5 Å². The molecule has 11 rings (SSSR count). The molecular formula is C45H26N4S2. The van der Waals surface area contributed by atoms with Gasteiger partial charge in [-0.1, -0.05) is 115 Å². The van der Waals surface area contributed by atoms with Gasteiger partial charge in [0.1, 0.15) is 0 Å². The smallest absolute Gasteiger partial charge is 0.164 e. The fourth-order valence-corrected chi connectivity index (χ4v) is 10.1. The summed E-state index contributed by atoms with van der Waals surface area (Å²) >= 11 is 3.82. The number of thiophene rings is 2. The van der Waals surface area contributed by atoms with Gasteiger partial charge in [-0.15, -0.1) is 22.7 Å². The normalized spacial score (nSPS) is 11.9. The number of aromatic nitrogens is 4. The zero-order valence-electron chi connectivity index (χ0n) is 27.1. The second kappa shape index (κ2) is 11.2. The molecule has 0 amide bonds. The van der Waals surface area contributed by atoms with E-state index >= 15 is 0 Å². The summed E-state index contributed by atoms with van der Waals surface area (Å²) in [5, 5.41) is 7.87. The minimum atomic E-state index is 0.647. The van der Waals surface area contributed by atoms with Crippen LogP contribution in [0.3, 0.4) is 0 Å². The van der Waals surface area contributed by atoms with Crippen LogP contribution in [0.25, 0.3) is 102 Å². The van der Waals surface area contributed by atoms with E-state index in [-0.39, 0.29) is 0 Å². The van der Waals surface area contributed by atoms with Crippen molar-refractivity contribution in [1.29, 1.82) is 0 Å². The summed E-state index contributed by atoms with van der Waals surface area (Å²) < 4.78 is 7.83. The Morgan fingerprint density at radius 3 is 1.41 bits per heavy atom. The Labute approximate surface area is 300 Å². The first-order chi connectivity index (χ1) is 25.3. The molecule has 0 N–H and O–H groups in total. The standard InChI is InChI=1S/C45H26N4S2/c1-3-13-27(14-4-1)43-46-44(28-15-5-2-6-16-28)48-45(47-43)29-23-25-30(26-24-29)49-34-20-10-7-17-31(34)37-38-32-18-8-11-21-35(32)50-41(38)42-39(40(37)49)33-19-9-12-22-36(33)51-42/h1-26H. The van der Waals surface area contributed by atoms with Crippen LogP contribution < -0.4 is 0 Å². The topological polar surface area (TPSA) is 43.6 Å². The lowest BCUT2D eigenvalue weighted by Crippen LogP contribution is -2.00. The van der Waals surface area contributed by atoms with Crippen LogP contribution in [0.5, 0.6) is 0 Å². The summed E-state index contributed by atoms with van der Waals surface area (Å²) in [5.41, 5.74) is 6.40. The van der Waals surface area contributed by atoms with Crippen molar-refractivity contribution in [2.75, 3.05) is 0 Å². The van der Waals surface area contributed by atoms with Crippen LogP contribution in [0.15, 0.2) is 158 Å². The fraction of sp³-hybridized carbons (Fsp3) is 0. The number of para-hydroxylation sites is 1. The third-order valence-corrected chi connectivity index (χ3v) is 12.3. The highest BCUT2D eigenvalue weighted by atomic mass is 32.1. The molecule has 0 saturated heterocycles. The Morgan fingerprint density at radius 1 is 0.373 bits per heavy atom. The second-order valence-electron chi connectivity index (χ2n) is 12.8. The van der Waals surface area contributed by atoms with E-state index in [0.29, 0.717) is 17.5 Å². The molecule has 0 saturated carbocycles. The summed E-state index contributed by atoms with van der Waals surface area (Å²) in [4.78, 5) is 14.9. The predicted octanol–water partition coefficient (Wildman–Crippen LogP) is 12.7. The number of rotatable bonds is 4. The second-order valence-corrected chi connectivity index (χ2v) is 14.9. The molecule has 0 bridgehead atoms. The van der Waals surface area contributed by atoms with Crippen molar-refractivity contribution in [3.05, 3.63) is 158 Å². The van der Waals surface area contributed by atoms with Gasteiger partial charge in [-0.25, -0.2) is 15.0 Å². The lowest BCUT2D eigenvalue weighted by Gasteiger charge is -2.12. The van der Waals surface area contributed by atoms with Crippen LogP contribution in [0.2, 0.25) is 0 Å². The van der Waals surface area contributed by atoms with Crippen molar-refractivity contribution >= 4 is 84.8 Å². The van der Waals surface area contributed by atoms with Crippen LogP contribution >= 0.6 is 22.7 Å². The van der Waals surface area contributed by atoms with Gasteiger partial charge in [-0.2, -0.15) is 0 Å². The van der Waals surface area contributed by atoms with E-state index < -0.39 is 0 Å². The molecule has 4 aromatic heterocycles. The molecule has 6 heteroatoms. The van der Waals surface area contributed by atoms with Crippen molar-refractivity contribution in [1.82, 2.24) is 19.5 Å². The number of hydrogen-bond donors (Lipinski definition) is 0. The number of benzene rings is 7. The summed E-state index contributed by atoms with van der Waals surface area (Å²) in [6, 6.07) is 55.6. The molecular weight excluding hydrogens is 661 g/mol. The third-order valence-electron chi connectivity index (χ3n) is 9.84. The molecule has 0 radical (unpaired) electrons. The summed E-state index contributed by atoms with van der Waals surface area (Å²) in [6.07, 6.45) is 0. The molecule has 0 aliphatic rings. The van der Waals surface area contributed by atoms with Gasteiger partial charge in [0, 0.05) is 64.1 Å². The van der Waals surface area contributed by atoms with Crippen molar-refractivity contribution in [3.8, 4) is 39.9 Å². The molecule has 0 unspecified atom stereocenters. The lowest BCUT2D eigenvalue weighted by molar-refractivity contribution is 1.07. The SMILES string of the molecule is c1ccc(-c2nc(-c3ccccc3)nc(-c3ccc(-n4c5ccccc5c5c6c7ccccc7sc6c6sc7ccccc7c6c54)cc3)n2)cc1. The van der Waals surface area contributed by atoms with Gasteiger partial charge < -0.3 is 4.57 Å². The van der Waals surface area contributed by atoms with E-state index in [9.17, 15) is 0 Å². The van der Waals surface area contributed by atoms with Crippen LogP contribution in [0, 0.1) is 0 Å². The van der Waals surface area contributed by atoms with Crippen molar-refractivity contribution < 1.29 is 0 Å². The fourth-order valence-electron chi connectivity index (χ4n) is 7.59. The largest absolute Gasteiger partial charge is 0.309 e. The first-order valence-electron chi connectivity index (χ1n) is 17.0. The van der Waals surface area contributed by atoms with E-state index in [1.807, 2.05) is 83.3 Å². The lowest BCUT2D eigenvalue weighted by atomic mass is 10.0. The molecule has 238 valence electrons. The maximum absolute atomic E-state index is 4.99. The zero-order chi connectivity index (χ0) is 33.5. The Bertz CT molecular complexity index is 3060. The molecule has 7 aromatic carbocycles. The number of fused-ring (bicyclic) bond motifs is 12. The molecule has 0 aliphatic carbocycles. The molecule has 0 atom stereocenters. The van der Waals surface area contributed by atoms with Gasteiger partial charge in [-0.3, -0.25) is 0 Å². The number of nitrogens with zero attached hydrogens (tertiary/aromatic N) is 4. The quantitative estimate of drug-likeness (QED) is 0.185. The molecule has 0 spiro atoms. The molecule has 4 heterocycles. The molecule has 0 fully saturated rings. The van der Waals surface area contributed by atoms with Crippen molar-refractivity contribution in [2.24, 2.45) is 0 Å². The highest BCUT2D eigenvalue weighted by molar-refractivity contribution is 7.33. The predicted molar refractivity (Wildman–Crippen MR) is 216 cm³/mol. The van der Waals surface area contributed by atoms with Crippen LogP contribution in [0.1, 0.15) is 0 Å². The first kappa shape index (κ1) is 28.6. The summed E-state index contributed by atoms with van der Waals surface area (Å²) in [6.45, 7) is 0. The average molecular weight is 687 g/mol. The average Bonchev–Trinajstić information content (AvgIpc) is 3.88. The zero-order valence-corrected chi connectivity index (χ0v) is 28.7. The van der Waals surface area contributed by atoms with Crippen molar-refractivity contribution in [3.63, 3.8) is 0 Å². The van der Waals surface area contributed by atoms with Gasteiger partial charge in [0.2, 0.25) is 0 Å². The van der Waals surface area contributed by atoms with E-state index in [1.165, 1.54) is 62.2 Å². The Balaban J connectivity index is 1.18. The minimum absolute atomic E-state index is 0.647. The molecule has 0 aliphatic heterocycles. The van der Waals surface area contributed by atoms with Gasteiger partial charge in [-0.05, 0) is 42.5 Å². The molecule has 4 nitrogen and oxygen atoms in total. The summed E-state index contributed by atoms with van der Waals surface area (Å²) in [5.74, 6) is 1.96. The van der Waals surface area contributed by atoms with Gasteiger partial charge in [0.05, 0.1) is 20.4 Å². The maximum Gasteiger partial charge on any atom is 0.164 e. The van der Waals surface area contributed by atoms with E-state index in [2.05, 4.69) is 102 Å².